The quantitative estimate of drug-likeness (QED) is 0.306. The first kappa shape index (κ1) is 32.7. The molecule has 5 saturated carbocycles. The SMILES string of the molecule is CC1(C)[C@@H](OC(=O)[C@@H]2CCCC[C@H]2C(=O)O)CC[C@]2(C)[C@H]3C(=O)C=C4[C@@H]5C[C@@](C)(C(=O)O)CC[C@]5(C)CC[C@@]4(C)[C@]3(C)CC[C@@H]12. The third kappa shape index (κ3) is 4.54. The molecule has 0 aromatic carbocycles. The number of ketones is 1. The van der Waals surface area contributed by atoms with Gasteiger partial charge in [0.1, 0.15) is 6.10 Å². The summed E-state index contributed by atoms with van der Waals surface area (Å²) >= 11 is 0. The summed E-state index contributed by atoms with van der Waals surface area (Å²) in [4.78, 5) is 52.4. The molecule has 0 aromatic rings. The van der Waals surface area contributed by atoms with E-state index >= 15 is 0 Å². The lowest BCUT2D eigenvalue weighted by Gasteiger charge is -2.70. The van der Waals surface area contributed by atoms with Crippen molar-refractivity contribution in [3.05, 3.63) is 11.6 Å². The zero-order valence-electron chi connectivity index (χ0n) is 28.7. The topological polar surface area (TPSA) is 118 Å². The Morgan fingerprint density at radius 1 is 0.800 bits per heavy atom. The van der Waals surface area contributed by atoms with Crippen molar-refractivity contribution in [3.8, 4) is 0 Å². The Bertz CT molecular complexity index is 1330. The van der Waals surface area contributed by atoms with E-state index in [1.807, 2.05) is 13.0 Å². The molecule has 5 fully saturated rings. The highest BCUT2D eigenvalue weighted by Gasteiger charge is 2.70. The average molecular weight is 625 g/mol. The smallest absolute Gasteiger partial charge is 0.310 e. The summed E-state index contributed by atoms with van der Waals surface area (Å²) in [6.45, 7) is 15.7. The monoisotopic (exact) mass is 624 g/mol. The van der Waals surface area contributed by atoms with E-state index in [0.717, 1.165) is 51.4 Å². The van der Waals surface area contributed by atoms with Crippen LogP contribution in [0.4, 0.5) is 0 Å². The normalized spacial score (nSPS) is 48.9. The predicted octanol–water partition coefficient (Wildman–Crippen LogP) is 7.85. The molecular formula is C38H56O7. The first-order valence-corrected chi connectivity index (χ1v) is 17.8. The summed E-state index contributed by atoms with van der Waals surface area (Å²) in [6.07, 6.45) is 12.0. The van der Waals surface area contributed by atoms with Crippen LogP contribution in [0.25, 0.3) is 0 Å². The van der Waals surface area contributed by atoms with Gasteiger partial charge in [0.05, 0.1) is 17.3 Å². The number of hydrogen-bond donors (Lipinski definition) is 2. The van der Waals surface area contributed by atoms with Gasteiger partial charge in [-0.1, -0.05) is 60.0 Å². The third-order valence-corrected chi connectivity index (χ3v) is 15.7. The Morgan fingerprint density at radius 3 is 2.09 bits per heavy atom. The predicted molar refractivity (Wildman–Crippen MR) is 170 cm³/mol. The maximum Gasteiger partial charge on any atom is 0.310 e. The summed E-state index contributed by atoms with van der Waals surface area (Å²) in [6, 6.07) is 0. The molecule has 11 atom stereocenters. The average Bonchev–Trinajstić information content (AvgIpc) is 2.96. The van der Waals surface area contributed by atoms with E-state index < -0.39 is 29.2 Å². The van der Waals surface area contributed by atoms with Crippen LogP contribution in [0.15, 0.2) is 11.6 Å². The van der Waals surface area contributed by atoms with Crippen LogP contribution in [-0.4, -0.2) is 40.0 Å². The van der Waals surface area contributed by atoms with Gasteiger partial charge in [0.25, 0.3) is 0 Å². The van der Waals surface area contributed by atoms with E-state index in [1.165, 1.54) is 5.57 Å². The van der Waals surface area contributed by atoms with E-state index in [9.17, 15) is 29.4 Å². The molecule has 0 aliphatic heterocycles. The fourth-order valence-electron chi connectivity index (χ4n) is 12.5. The van der Waals surface area contributed by atoms with Crippen LogP contribution in [0.5, 0.6) is 0 Å². The highest BCUT2D eigenvalue weighted by atomic mass is 16.5. The molecule has 6 aliphatic carbocycles. The molecule has 0 radical (unpaired) electrons. The van der Waals surface area contributed by atoms with Gasteiger partial charge >= 0.3 is 17.9 Å². The van der Waals surface area contributed by atoms with E-state index in [-0.39, 0.29) is 62.7 Å². The number of carboxylic acids is 2. The molecule has 0 saturated heterocycles. The van der Waals surface area contributed by atoms with Crippen LogP contribution in [-0.2, 0) is 23.9 Å². The van der Waals surface area contributed by atoms with Crippen molar-refractivity contribution in [1.82, 2.24) is 0 Å². The summed E-state index contributed by atoms with van der Waals surface area (Å²) in [5.41, 5.74) is -0.576. The van der Waals surface area contributed by atoms with Gasteiger partial charge in [-0.25, -0.2) is 0 Å². The fourth-order valence-corrected chi connectivity index (χ4v) is 12.5. The van der Waals surface area contributed by atoms with Gasteiger partial charge in [-0.2, -0.15) is 0 Å². The van der Waals surface area contributed by atoms with E-state index in [2.05, 4.69) is 41.5 Å². The lowest BCUT2D eigenvalue weighted by molar-refractivity contribution is -0.213. The van der Waals surface area contributed by atoms with Gasteiger partial charge in [-0.05, 0) is 117 Å². The highest BCUT2D eigenvalue weighted by Crippen LogP contribution is 2.75. The third-order valence-electron chi connectivity index (χ3n) is 15.7. The molecule has 7 nitrogen and oxygen atoms in total. The van der Waals surface area contributed by atoms with Crippen molar-refractivity contribution in [2.24, 2.45) is 62.1 Å². The number of fused-ring (bicyclic) bond motifs is 7. The van der Waals surface area contributed by atoms with Crippen molar-refractivity contribution in [3.63, 3.8) is 0 Å². The highest BCUT2D eigenvalue weighted by molar-refractivity contribution is 5.95. The maximum atomic E-state index is 14.6. The van der Waals surface area contributed by atoms with Crippen LogP contribution in [0.3, 0.4) is 0 Å². The van der Waals surface area contributed by atoms with Gasteiger partial charge in [0, 0.05) is 11.3 Å². The zero-order chi connectivity index (χ0) is 33.0. The largest absolute Gasteiger partial charge is 0.481 e. The second-order valence-electron chi connectivity index (χ2n) is 18.2. The summed E-state index contributed by atoms with van der Waals surface area (Å²) in [7, 11) is 0. The first-order valence-electron chi connectivity index (χ1n) is 17.8. The van der Waals surface area contributed by atoms with Crippen molar-refractivity contribution in [2.45, 2.75) is 138 Å². The standard InChI is InChI=1S/C38H56O7/c1-33(2)27-12-15-38(7)29(36(27,5)14-13-28(33)45-31(42)23-11-9-8-10-22(23)30(40)41)26(39)20-24-25-21-35(4,32(43)44)17-16-34(25,3)18-19-37(24,38)6/h20,22-23,25,27-29H,8-19,21H2,1-7H3,(H,40,41)(H,43,44)/t22-,23-,25+,27+,28+,29-,34-,35+,36+,37-,38-/m1/s1. The minimum Gasteiger partial charge on any atom is -0.481 e. The van der Waals surface area contributed by atoms with Gasteiger partial charge in [0.2, 0.25) is 0 Å². The molecule has 45 heavy (non-hydrogen) atoms. The van der Waals surface area contributed by atoms with Crippen molar-refractivity contribution < 1.29 is 34.1 Å². The zero-order valence-corrected chi connectivity index (χ0v) is 28.7. The van der Waals surface area contributed by atoms with Crippen molar-refractivity contribution >= 4 is 23.7 Å². The molecule has 0 bridgehead atoms. The molecule has 0 unspecified atom stereocenters. The second-order valence-corrected chi connectivity index (χ2v) is 18.2. The Kier molecular flexibility index (Phi) is 7.58. The lowest BCUT2D eigenvalue weighted by atomic mass is 9.33. The number of aliphatic carboxylic acids is 2. The Morgan fingerprint density at radius 2 is 1.44 bits per heavy atom. The summed E-state index contributed by atoms with van der Waals surface area (Å²) in [5, 5.41) is 20.0. The fraction of sp³-hybridized carbons (Fsp3) is 0.842. The maximum absolute atomic E-state index is 14.6. The molecule has 0 amide bonds. The van der Waals surface area contributed by atoms with Crippen molar-refractivity contribution in [1.29, 1.82) is 0 Å². The van der Waals surface area contributed by atoms with Crippen LogP contribution < -0.4 is 0 Å². The number of rotatable bonds is 4. The van der Waals surface area contributed by atoms with Crippen LogP contribution in [0.2, 0.25) is 0 Å². The number of carboxylic acid groups (broad SMARTS) is 2. The number of carbonyl (C=O) groups is 4. The van der Waals surface area contributed by atoms with Crippen molar-refractivity contribution in [2.75, 3.05) is 0 Å². The Hall–Kier alpha value is -2.18. The lowest BCUT2D eigenvalue weighted by Crippen LogP contribution is -2.66. The van der Waals surface area contributed by atoms with E-state index in [0.29, 0.717) is 32.1 Å². The number of allylic oxidation sites excluding steroid dienone is 2. The Balaban J connectivity index is 1.30. The molecule has 6 aliphatic rings. The molecule has 7 heteroatoms. The summed E-state index contributed by atoms with van der Waals surface area (Å²) in [5.74, 6) is -2.91. The molecule has 0 spiro atoms. The Labute approximate surface area is 269 Å². The molecule has 2 N–H and O–H groups in total. The second kappa shape index (κ2) is 10.4. The number of carbonyl (C=O) groups excluding carboxylic acids is 2. The van der Waals surface area contributed by atoms with Gasteiger partial charge in [-0.15, -0.1) is 0 Å². The van der Waals surface area contributed by atoms with Gasteiger partial charge in [0.15, 0.2) is 5.78 Å². The minimum absolute atomic E-state index is 0.0206. The van der Waals surface area contributed by atoms with E-state index in [4.69, 9.17) is 4.74 Å². The number of ether oxygens (including phenoxy) is 1. The first-order chi connectivity index (χ1) is 20.8. The molecule has 6 rings (SSSR count). The van der Waals surface area contributed by atoms with Gasteiger partial charge < -0.3 is 14.9 Å². The molecular weight excluding hydrogens is 568 g/mol. The molecule has 0 heterocycles. The number of esters is 1. The number of hydrogen-bond acceptors (Lipinski definition) is 5. The molecule has 0 aromatic heterocycles. The molecule has 250 valence electrons. The minimum atomic E-state index is -0.903. The van der Waals surface area contributed by atoms with Gasteiger partial charge in [-0.3, -0.25) is 19.2 Å². The van der Waals surface area contributed by atoms with Crippen LogP contribution >= 0.6 is 0 Å². The summed E-state index contributed by atoms with van der Waals surface area (Å²) < 4.78 is 6.28. The van der Waals surface area contributed by atoms with Crippen LogP contribution in [0, 0.1) is 62.1 Å². The van der Waals surface area contributed by atoms with Crippen LogP contribution in [0.1, 0.15) is 132 Å². The van der Waals surface area contributed by atoms with E-state index in [1.54, 1.807) is 0 Å².